The first-order valence-electron chi connectivity index (χ1n) is 8.30. The molecule has 0 fully saturated rings. The molecule has 0 atom stereocenters. The number of rotatable bonds is 4. The van der Waals surface area contributed by atoms with Gasteiger partial charge in [-0.1, -0.05) is 17.7 Å². The lowest BCUT2D eigenvalue weighted by molar-refractivity contribution is 0.598. The van der Waals surface area contributed by atoms with Crippen LogP contribution in [0.25, 0.3) is 5.69 Å². The first-order chi connectivity index (χ1) is 12.7. The van der Waals surface area contributed by atoms with Crippen LogP contribution in [0.2, 0.25) is 5.02 Å². The molecule has 0 aliphatic heterocycles. The highest BCUT2D eigenvalue weighted by Crippen LogP contribution is 2.26. The molecule has 1 heterocycles. The van der Waals surface area contributed by atoms with Crippen LogP contribution in [-0.4, -0.2) is 19.2 Å². The quantitative estimate of drug-likeness (QED) is 0.655. The predicted octanol–water partition coefficient (Wildman–Crippen LogP) is 4.45. The number of aliphatic imine (C=N–C) groups is 1. The molecule has 1 aromatic heterocycles. The molecule has 5 nitrogen and oxygen atoms in total. The first kappa shape index (κ1) is 19.4. The minimum Gasteiger partial charge on any atom is -0.318 e. The van der Waals surface area contributed by atoms with Crippen LogP contribution in [0.5, 0.6) is 0 Å². The van der Waals surface area contributed by atoms with Gasteiger partial charge in [0, 0.05) is 33.9 Å². The standard InChI is InChI=1S/C20H20ClN3O2S/c1-13-11-16(12-23-20-6-4-5-19(21)14(20)2)15(3)24(13)17-7-9-18(10-8-17)27(22,25)26/h4-12H,1-3H3,(H2,22,25,26). The normalized spacial score (nSPS) is 12.0. The maximum atomic E-state index is 11.4. The number of halogens is 1. The van der Waals surface area contributed by atoms with E-state index in [9.17, 15) is 8.42 Å². The summed E-state index contributed by atoms with van der Waals surface area (Å²) in [6.07, 6.45) is 1.82. The molecule has 3 rings (SSSR count). The summed E-state index contributed by atoms with van der Waals surface area (Å²) in [5, 5.41) is 5.85. The Morgan fingerprint density at radius 2 is 1.74 bits per heavy atom. The van der Waals surface area contributed by atoms with E-state index in [4.69, 9.17) is 16.7 Å². The lowest BCUT2D eigenvalue weighted by Gasteiger charge is -2.10. The number of aryl methyl sites for hydroxylation is 1. The van der Waals surface area contributed by atoms with Crippen LogP contribution in [0.15, 0.2) is 58.4 Å². The number of nitrogens with zero attached hydrogens (tertiary/aromatic N) is 2. The molecule has 2 aromatic carbocycles. The highest BCUT2D eigenvalue weighted by Gasteiger charge is 2.12. The second-order valence-corrected chi connectivity index (χ2v) is 8.31. The lowest BCUT2D eigenvalue weighted by Crippen LogP contribution is -2.12. The molecule has 3 aromatic rings. The largest absolute Gasteiger partial charge is 0.318 e. The van der Waals surface area contributed by atoms with Gasteiger partial charge in [0.2, 0.25) is 10.0 Å². The molecule has 140 valence electrons. The summed E-state index contributed by atoms with van der Waals surface area (Å²) in [4.78, 5) is 4.66. The van der Waals surface area contributed by atoms with Crippen molar-refractivity contribution < 1.29 is 8.42 Å². The van der Waals surface area contributed by atoms with Crippen LogP contribution < -0.4 is 5.14 Å². The number of sulfonamides is 1. The number of hydrogen-bond donors (Lipinski definition) is 1. The van der Waals surface area contributed by atoms with E-state index in [2.05, 4.69) is 4.99 Å². The monoisotopic (exact) mass is 401 g/mol. The molecule has 0 amide bonds. The molecule has 0 spiro atoms. The van der Waals surface area contributed by atoms with Gasteiger partial charge >= 0.3 is 0 Å². The van der Waals surface area contributed by atoms with E-state index in [-0.39, 0.29) is 4.90 Å². The van der Waals surface area contributed by atoms with Crippen LogP contribution in [-0.2, 0) is 10.0 Å². The van der Waals surface area contributed by atoms with Crippen molar-refractivity contribution in [1.82, 2.24) is 4.57 Å². The smallest absolute Gasteiger partial charge is 0.238 e. The molecule has 2 N–H and O–H groups in total. The highest BCUT2D eigenvalue weighted by atomic mass is 35.5. The summed E-state index contributed by atoms with van der Waals surface area (Å²) < 4.78 is 24.9. The molecular weight excluding hydrogens is 382 g/mol. The van der Waals surface area contributed by atoms with E-state index in [1.807, 2.05) is 55.8 Å². The molecular formula is C20H20ClN3O2S. The van der Waals surface area contributed by atoms with Crippen molar-refractivity contribution in [3.63, 3.8) is 0 Å². The third-order valence-electron chi connectivity index (χ3n) is 4.48. The SMILES string of the molecule is Cc1c(Cl)cccc1N=Cc1cc(C)n(-c2ccc(S(N)(=O)=O)cc2)c1C. The fourth-order valence-electron chi connectivity index (χ4n) is 2.98. The van der Waals surface area contributed by atoms with Crippen LogP contribution in [0.1, 0.15) is 22.5 Å². The van der Waals surface area contributed by atoms with E-state index in [0.717, 1.165) is 33.9 Å². The fourth-order valence-corrected chi connectivity index (χ4v) is 3.66. The van der Waals surface area contributed by atoms with E-state index in [1.165, 1.54) is 12.1 Å². The zero-order chi connectivity index (χ0) is 19.8. The van der Waals surface area contributed by atoms with Crippen molar-refractivity contribution >= 4 is 33.5 Å². The van der Waals surface area contributed by atoms with Gasteiger partial charge < -0.3 is 4.57 Å². The fraction of sp³-hybridized carbons (Fsp3) is 0.150. The zero-order valence-electron chi connectivity index (χ0n) is 15.3. The lowest BCUT2D eigenvalue weighted by atomic mass is 10.2. The average Bonchev–Trinajstić information content (AvgIpc) is 2.89. The summed E-state index contributed by atoms with van der Waals surface area (Å²) in [5.41, 5.74) is 5.60. The Bertz CT molecular complexity index is 1130. The zero-order valence-corrected chi connectivity index (χ0v) is 16.8. The molecule has 0 unspecified atom stereocenters. The summed E-state index contributed by atoms with van der Waals surface area (Å²) in [7, 11) is -3.70. The van der Waals surface area contributed by atoms with Crippen LogP contribution in [0, 0.1) is 20.8 Å². The van der Waals surface area contributed by atoms with Gasteiger partial charge in [-0.05, 0) is 68.8 Å². The van der Waals surface area contributed by atoms with Gasteiger partial charge in [-0.15, -0.1) is 0 Å². The predicted molar refractivity (Wildman–Crippen MR) is 110 cm³/mol. The van der Waals surface area contributed by atoms with Crippen LogP contribution in [0.4, 0.5) is 5.69 Å². The summed E-state index contributed by atoms with van der Waals surface area (Å²) in [5.74, 6) is 0. The van der Waals surface area contributed by atoms with Gasteiger partial charge in [-0.2, -0.15) is 0 Å². The number of nitrogens with two attached hydrogens (primary N) is 1. The number of hydrogen-bond acceptors (Lipinski definition) is 3. The minimum absolute atomic E-state index is 0.0897. The van der Waals surface area contributed by atoms with Gasteiger partial charge in [0.25, 0.3) is 0 Å². The molecule has 0 aliphatic carbocycles. The van der Waals surface area contributed by atoms with Gasteiger partial charge in [0.05, 0.1) is 10.6 Å². The molecule has 7 heteroatoms. The van der Waals surface area contributed by atoms with Gasteiger partial charge in [0.1, 0.15) is 0 Å². The molecule has 0 bridgehead atoms. The van der Waals surface area contributed by atoms with E-state index in [1.54, 1.807) is 12.1 Å². The molecule has 27 heavy (non-hydrogen) atoms. The topological polar surface area (TPSA) is 77.5 Å². The van der Waals surface area contributed by atoms with E-state index in [0.29, 0.717) is 5.02 Å². The van der Waals surface area contributed by atoms with Gasteiger partial charge in [0.15, 0.2) is 0 Å². The Morgan fingerprint density at radius 3 is 2.37 bits per heavy atom. The third-order valence-corrected chi connectivity index (χ3v) is 5.81. The number of aromatic nitrogens is 1. The molecule has 0 saturated heterocycles. The highest BCUT2D eigenvalue weighted by molar-refractivity contribution is 7.89. The minimum atomic E-state index is -3.70. The summed E-state index contributed by atoms with van der Waals surface area (Å²) >= 11 is 6.15. The Morgan fingerprint density at radius 1 is 1.07 bits per heavy atom. The summed E-state index contributed by atoms with van der Waals surface area (Å²) in [6, 6.07) is 14.2. The van der Waals surface area contributed by atoms with Crippen molar-refractivity contribution in [2.45, 2.75) is 25.7 Å². The van der Waals surface area contributed by atoms with Gasteiger partial charge in [-0.3, -0.25) is 4.99 Å². The van der Waals surface area contributed by atoms with E-state index >= 15 is 0 Å². The second kappa shape index (κ2) is 7.31. The third kappa shape index (κ3) is 3.98. The summed E-state index contributed by atoms with van der Waals surface area (Å²) in [6.45, 7) is 5.92. The van der Waals surface area contributed by atoms with Crippen molar-refractivity contribution in [3.05, 3.63) is 76.1 Å². The van der Waals surface area contributed by atoms with Crippen LogP contribution in [0.3, 0.4) is 0 Å². The maximum absolute atomic E-state index is 11.4. The number of primary sulfonamides is 1. The molecule has 0 radical (unpaired) electrons. The van der Waals surface area contributed by atoms with Crippen molar-refractivity contribution in [1.29, 1.82) is 0 Å². The maximum Gasteiger partial charge on any atom is 0.238 e. The average molecular weight is 402 g/mol. The van der Waals surface area contributed by atoms with Crippen LogP contribution >= 0.6 is 11.6 Å². The Hall–Kier alpha value is -2.41. The molecule has 0 aliphatic rings. The second-order valence-electron chi connectivity index (χ2n) is 6.34. The van der Waals surface area contributed by atoms with Gasteiger partial charge in [-0.25, -0.2) is 13.6 Å². The van der Waals surface area contributed by atoms with Crippen molar-refractivity contribution in [3.8, 4) is 5.69 Å². The number of benzene rings is 2. The molecule has 0 saturated carbocycles. The van der Waals surface area contributed by atoms with Crippen molar-refractivity contribution in [2.24, 2.45) is 10.1 Å². The first-order valence-corrected chi connectivity index (χ1v) is 10.2. The van der Waals surface area contributed by atoms with E-state index < -0.39 is 10.0 Å². The Kier molecular flexibility index (Phi) is 5.24. The Labute approximate surface area is 164 Å². The Balaban J connectivity index is 1.98. The van der Waals surface area contributed by atoms with Crippen molar-refractivity contribution in [2.75, 3.05) is 0 Å².